The van der Waals surface area contributed by atoms with Gasteiger partial charge in [-0.05, 0) is 41.5 Å². The van der Waals surface area contributed by atoms with Gasteiger partial charge < -0.3 is 19.5 Å². The zero-order chi connectivity index (χ0) is 24.9. The molecule has 1 aliphatic rings. The average Bonchev–Trinajstić information content (AvgIpc) is 3.13. The lowest BCUT2D eigenvalue weighted by molar-refractivity contribution is -0.140. The number of nitrogens with zero attached hydrogens (tertiary/aromatic N) is 1. The van der Waals surface area contributed by atoms with Gasteiger partial charge in [0, 0.05) is 19.2 Å². The van der Waals surface area contributed by atoms with E-state index in [0.717, 1.165) is 5.56 Å². The lowest BCUT2D eigenvalue weighted by atomic mass is 9.95. The lowest BCUT2D eigenvalue weighted by Crippen LogP contribution is -2.32. The molecular weight excluding hydrogens is 489 g/mol. The van der Waals surface area contributed by atoms with E-state index in [-0.39, 0.29) is 35.1 Å². The first-order valence-corrected chi connectivity index (χ1v) is 11.7. The van der Waals surface area contributed by atoms with Gasteiger partial charge >= 0.3 is 0 Å². The Hall–Kier alpha value is -3.32. The van der Waals surface area contributed by atoms with Crippen molar-refractivity contribution in [3.8, 4) is 5.75 Å². The number of hydrogen-bond donors (Lipinski definition) is 1. The highest BCUT2D eigenvalue weighted by molar-refractivity contribution is 6.46. The molecule has 0 bridgehead atoms. The molecule has 0 radical (unpaired) electrons. The van der Waals surface area contributed by atoms with E-state index in [1.807, 2.05) is 30.3 Å². The third-order valence-electron chi connectivity index (χ3n) is 5.71. The summed E-state index contributed by atoms with van der Waals surface area (Å²) in [5.41, 5.74) is 1.94. The number of halogens is 2. The summed E-state index contributed by atoms with van der Waals surface area (Å²) in [5.74, 6) is -1.18. The van der Waals surface area contributed by atoms with Crippen molar-refractivity contribution in [1.29, 1.82) is 0 Å². The summed E-state index contributed by atoms with van der Waals surface area (Å²) >= 11 is 12.1. The molecular formula is C27H23Cl2NO5. The van der Waals surface area contributed by atoms with E-state index in [4.69, 9.17) is 32.7 Å². The number of ketones is 1. The summed E-state index contributed by atoms with van der Waals surface area (Å²) in [7, 11) is 1.51. The Morgan fingerprint density at radius 2 is 1.69 bits per heavy atom. The van der Waals surface area contributed by atoms with E-state index in [0.29, 0.717) is 22.9 Å². The number of ether oxygens (including phenoxy) is 2. The first-order valence-electron chi connectivity index (χ1n) is 10.9. The molecule has 35 heavy (non-hydrogen) atoms. The van der Waals surface area contributed by atoms with Crippen LogP contribution < -0.4 is 4.74 Å². The third-order valence-corrected chi connectivity index (χ3v) is 6.45. The van der Waals surface area contributed by atoms with Crippen LogP contribution in [0, 0.1) is 0 Å². The first-order chi connectivity index (χ1) is 16.9. The lowest BCUT2D eigenvalue weighted by Gasteiger charge is -2.25. The van der Waals surface area contributed by atoms with E-state index in [9.17, 15) is 14.7 Å². The molecule has 0 aromatic heterocycles. The third kappa shape index (κ3) is 5.35. The van der Waals surface area contributed by atoms with Gasteiger partial charge in [0.15, 0.2) is 0 Å². The van der Waals surface area contributed by atoms with E-state index in [2.05, 4.69) is 0 Å². The highest BCUT2D eigenvalue weighted by Gasteiger charge is 2.45. The Labute approximate surface area is 213 Å². The topological polar surface area (TPSA) is 76.1 Å². The smallest absolute Gasteiger partial charge is 0.295 e. The number of rotatable bonds is 8. The molecule has 3 aromatic carbocycles. The SMILES string of the molecule is COCCN1C(=O)C(=O)/C(=C(\O)c2ccc(Cl)c(Cl)c2)C1c1ccc(OCc2ccccc2)cc1. The van der Waals surface area contributed by atoms with Crippen LogP contribution in [0.1, 0.15) is 22.7 Å². The van der Waals surface area contributed by atoms with Crippen LogP contribution in [0.4, 0.5) is 0 Å². The molecule has 8 heteroatoms. The maximum atomic E-state index is 13.0. The van der Waals surface area contributed by atoms with E-state index in [1.54, 1.807) is 30.3 Å². The van der Waals surface area contributed by atoms with Crippen molar-refractivity contribution in [2.45, 2.75) is 12.6 Å². The van der Waals surface area contributed by atoms with Crippen molar-refractivity contribution in [2.24, 2.45) is 0 Å². The molecule has 1 unspecified atom stereocenters. The molecule has 0 saturated carbocycles. The molecule has 1 heterocycles. The molecule has 1 amide bonds. The van der Waals surface area contributed by atoms with Crippen LogP contribution in [0.15, 0.2) is 78.4 Å². The predicted molar refractivity (Wildman–Crippen MR) is 135 cm³/mol. The number of aliphatic hydroxyl groups excluding tert-OH is 1. The number of methoxy groups -OCH3 is 1. The number of hydrogen-bond acceptors (Lipinski definition) is 5. The van der Waals surface area contributed by atoms with Crippen LogP contribution >= 0.6 is 23.2 Å². The van der Waals surface area contributed by atoms with Gasteiger partial charge in [-0.1, -0.05) is 65.7 Å². The van der Waals surface area contributed by atoms with E-state index in [1.165, 1.54) is 24.1 Å². The van der Waals surface area contributed by atoms with Crippen molar-refractivity contribution >= 4 is 40.7 Å². The normalized spacial score (nSPS) is 17.1. The van der Waals surface area contributed by atoms with Crippen LogP contribution in [0.5, 0.6) is 5.75 Å². The molecule has 1 fully saturated rings. The highest BCUT2D eigenvalue weighted by atomic mass is 35.5. The number of Topliss-reactive ketones (excluding diaryl/α,β-unsaturated/α-hetero) is 1. The van der Waals surface area contributed by atoms with Gasteiger partial charge in [0.2, 0.25) is 0 Å². The van der Waals surface area contributed by atoms with Crippen molar-refractivity contribution in [2.75, 3.05) is 20.3 Å². The summed E-state index contributed by atoms with van der Waals surface area (Å²) in [4.78, 5) is 27.3. The monoisotopic (exact) mass is 511 g/mol. The molecule has 3 aromatic rings. The highest BCUT2D eigenvalue weighted by Crippen LogP contribution is 2.40. The molecule has 1 N–H and O–H groups in total. The number of benzene rings is 3. The maximum Gasteiger partial charge on any atom is 0.295 e. The van der Waals surface area contributed by atoms with Crippen LogP contribution in [0.3, 0.4) is 0 Å². The van der Waals surface area contributed by atoms with Gasteiger partial charge in [0.25, 0.3) is 11.7 Å². The van der Waals surface area contributed by atoms with Crippen LogP contribution in [0.2, 0.25) is 10.0 Å². The number of aliphatic hydroxyl groups is 1. The zero-order valence-electron chi connectivity index (χ0n) is 18.9. The summed E-state index contributed by atoms with van der Waals surface area (Å²) in [6.07, 6.45) is 0. The Morgan fingerprint density at radius 1 is 0.971 bits per heavy atom. The van der Waals surface area contributed by atoms with Gasteiger partial charge in [-0.3, -0.25) is 9.59 Å². The molecule has 1 saturated heterocycles. The Bertz CT molecular complexity index is 1260. The Balaban J connectivity index is 1.69. The Morgan fingerprint density at radius 3 is 2.34 bits per heavy atom. The minimum absolute atomic E-state index is 0.0255. The summed E-state index contributed by atoms with van der Waals surface area (Å²) in [6, 6.07) is 20.6. The fourth-order valence-corrected chi connectivity index (χ4v) is 4.23. The predicted octanol–water partition coefficient (Wildman–Crippen LogP) is 5.64. The second-order valence-electron chi connectivity index (χ2n) is 7.96. The van der Waals surface area contributed by atoms with Gasteiger partial charge in [0.05, 0.1) is 28.3 Å². The fourth-order valence-electron chi connectivity index (χ4n) is 3.93. The van der Waals surface area contributed by atoms with Crippen molar-refractivity contribution in [3.63, 3.8) is 0 Å². The number of carbonyl (C=O) groups is 2. The Kier molecular flexibility index (Phi) is 7.76. The number of amides is 1. The summed E-state index contributed by atoms with van der Waals surface area (Å²) < 4.78 is 11.0. The maximum absolute atomic E-state index is 13.0. The summed E-state index contributed by atoms with van der Waals surface area (Å²) in [5, 5.41) is 11.6. The molecule has 4 rings (SSSR count). The van der Waals surface area contributed by atoms with Gasteiger partial charge in [-0.15, -0.1) is 0 Å². The standard InChI is InChI=1S/C27H23Cl2NO5/c1-34-14-13-30-24(18-7-10-20(11-8-18)35-16-17-5-3-2-4-6-17)23(26(32)27(30)33)25(31)19-9-12-21(28)22(29)15-19/h2-12,15,24,31H,13-14,16H2,1H3/b25-23-. The fraction of sp³-hybridized carbons (Fsp3) is 0.185. The van der Waals surface area contributed by atoms with Gasteiger partial charge in [-0.25, -0.2) is 0 Å². The molecule has 180 valence electrons. The van der Waals surface area contributed by atoms with Gasteiger partial charge in [0.1, 0.15) is 18.1 Å². The summed E-state index contributed by atoms with van der Waals surface area (Å²) in [6.45, 7) is 0.814. The molecule has 1 atom stereocenters. The number of likely N-dealkylation sites (tertiary alicyclic amines) is 1. The van der Waals surface area contributed by atoms with Gasteiger partial charge in [-0.2, -0.15) is 0 Å². The average molecular weight is 512 g/mol. The van der Waals surface area contributed by atoms with Crippen molar-refractivity contribution in [1.82, 2.24) is 4.90 Å². The quantitative estimate of drug-likeness (QED) is 0.240. The van der Waals surface area contributed by atoms with Crippen LogP contribution in [-0.2, 0) is 20.9 Å². The second kappa shape index (κ2) is 11.0. The zero-order valence-corrected chi connectivity index (χ0v) is 20.4. The van der Waals surface area contributed by atoms with Crippen LogP contribution in [0.25, 0.3) is 5.76 Å². The molecule has 1 aliphatic heterocycles. The molecule has 6 nitrogen and oxygen atoms in total. The minimum Gasteiger partial charge on any atom is -0.507 e. The molecule has 0 spiro atoms. The van der Waals surface area contributed by atoms with Crippen molar-refractivity contribution < 1.29 is 24.2 Å². The van der Waals surface area contributed by atoms with Crippen molar-refractivity contribution in [3.05, 3.63) is 105 Å². The van der Waals surface area contributed by atoms with Crippen LogP contribution in [-0.4, -0.2) is 42.0 Å². The largest absolute Gasteiger partial charge is 0.507 e. The first kappa shape index (κ1) is 24.8. The second-order valence-corrected chi connectivity index (χ2v) is 8.77. The number of carbonyl (C=O) groups excluding carboxylic acids is 2. The molecule has 0 aliphatic carbocycles. The minimum atomic E-state index is -0.803. The van der Waals surface area contributed by atoms with E-state index >= 15 is 0 Å². The van der Waals surface area contributed by atoms with E-state index < -0.39 is 17.7 Å².